The van der Waals surface area contributed by atoms with Gasteiger partial charge in [-0.05, 0) is 29.7 Å². The summed E-state index contributed by atoms with van der Waals surface area (Å²) in [5.41, 5.74) is 4.40. The Morgan fingerprint density at radius 3 is 2.33 bits per heavy atom. The molecule has 1 aromatic heterocycles. The molecule has 0 N–H and O–H groups in total. The average molecular weight is 342 g/mol. The second kappa shape index (κ2) is 6.22. The van der Waals surface area contributed by atoms with Gasteiger partial charge in [-0.2, -0.15) is 0 Å². The minimum Gasteiger partial charge on any atom is -0.220 e. The third-order valence-corrected chi connectivity index (χ3v) is 4.55. The molecule has 3 aromatic rings. The van der Waals surface area contributed by atoms with E-state index >= 15 is 0 Å². The minimum atomic E-state index is 0.259. The first kappa shape index (κ1) is 14.0. The van der Waals surface area contributed by atoms with Crippen LogP contribution in [-0.2, 0) is 0 Å². The molecule has 1 atom stereocenters. The number of alkyl halides is 1. The lowest BCUT2D eigenvalue weighted by Crippen LogP contribution is -1.94. The van der Waals surface area contributed by atoms with Crippen LogP contribution in [0.2, 0.25) is 0 Å². The molecule has 4 heteroatoms. The van der Waals surface area contributed by atoms with Crippen molar-refractivity contribution in [3.05, 3.63) is 66.5 Å². The summed E-state index contributed by atoms with van der Waals surface area (Å²) in [4.78, 5) is 0.259. The number of halogens is 1. The summed E-state index contributed by atoms with van der Waals surface area (Å²) in [6.07, 6.45) is 2.96. The normalized spacial score (nSPS) is 12.3. The molecular weight excluding hydrogens is 326 g/mol. The fourth-order valence-corrected chi connectivity index (χ4v) is 2.40. The van der Waals surface area contributed by atoms with E-state index in [1.807, 2.05) is 29.1 Å². The van der Waals surface area contributed by atoms with Crippen LogP contribution in [0.3, 0.4) is 0 Å². The van der Waals surface area contributed by atoms with Gasteiger partial charge in [0.15, 0.2) is 0 Å². The van der Waals surface area contributed by atoms with E-state index in [0.717, 1.165) is 17.8 Å². The second-order valence-electron chi connectivity index (χ2n) is 4.88. The lowest BCUT2D eigenvalue weighted by molar-refractivity contribution is 0.790. The smallest absolute Gasteiger partial charge is 0.0967 e. The van der Waals surface area contributed by atoms with Gasteiger partial charge in [-0.25, -0.2) is 4.68 Å². The molecular formula is C17H16BrN3. The van der Waals surface area contributed by atoms with E-state index in [1.165, 1.54) is 11.1 Å². The zero-order valence-corrected chi connectivity index (χ0v) is 13.4. The van der Waals surface area contributed by atoms with Crippen LogP contribution < -0.4 is 0 Å². The van der Waals surface area contributed by atoms with Gasteiger partial charge in [0, 0.05) is 0 Å². The third-order valence-electron chi connectivity index (χ3n) is 3.43. The van der Waals surface area contributed by atoms with Crippen molar-refractivity contribution >= 4 is 15.9 Å². The Morgan fingerprint density at radius 1 is 1.00 bits per heavy atom. The standard InChI is InChI=1S/C17H16BrN3/c1-2-16(18)17-12-21(20-19-17)15-10-8-14(9-11-15)13-6-4-3-5-7-13/h3-12,16H,2H2,1H3. The van der Waals surface area contributed by atoms with Crippen LogP contribution in [0, 0.1) is 0 Å². The third kappa shape index (κ3) is 3.05. The van der Waals surface area contributed by atoms with Crippen molar-refractivity contribution in [2.45, 2.75) is 18.2 Å². The molecule has 3 nitrogen and oxygen atoms in total. The van der Waals surface area contributed by atoms with Crippen LogP contribution in [-0.4, -0.2) is 15.0 Å². The van der Waals surface area contributed by atoms with Crippen molar-refractivity contribution in [3.63, 3.8) is 0 Å². The Morgan fingerprint density at radius 2 is 1.67 bits per heavy atom. The van der Waals surface area contributed by atoms with Crippen molar-refractivity contribution in [2.24, 2.45) is 0 Å². The molecule has 0 fully saturated rings. The zero-order valence-electron chi connectivity index (χ0n) is 11.8. The van der Waals surface area contributed by atoms with Gasteiger partial charge in [0.25, 0.3) is 0 Å². The highest BCUT2D eigenvalue weighted by molar-refractivity contribution is 9.09. The summed E-state index contributed by atoms with van der Waals surface area (Å²) in [5.74, 6) is 0. The number of aromatic nitrogens is 3. The number of rotatable bonds is 4. The number of hydrogen-bond donors (Lipinski definition) is 0. The van der Waals surface area contributed by atoms with Crippen LogP contribution in [0.25, 0.3) is 16.8 Å². The Kier molecular flexibility index (Phi) is 4.15. The van der Waals surface area contributed by atoms with E-state index < -0.39 is 0 Å². The van der Waals surface area contributed by atoms with E-state index in [2.05, 4.69) is 69.6 Å². The molecule has 0 aliphatic carbocycles. The first-order valence-electron chi connectivity index (χ1n) is 7.00. The summed E-state index contributed by atoms with van der Waals surface area (Å²) >= 11 is 3.60. The van der Waals surface area contributed by atoms with Crippen molar-refractivity contribution in [1.82, 2.24) is 15.0 Å². The Balaban J connectivity index is 1.86. The lowest BCUT2D eigenvalue weighted by Gasteiger charge is -2.04. The van der Waals surface area contributed by atoms with Gasteiger partial charge in [-0.15, -0.1) is 5.10 Å². The van der Waals surface area contributed by atoms with E-state index in [-0.39, 0.29) is 4.83 Å². The number of nitrogens with zero attached hydrogens (tertiary/aromatic N) is 3. The van der Waals surface area contributed by atoms with Crippen LogP contribution >= 0.6 is 15.9 Å². The largest absolute Gasteiger partial charge is 0.220 e. The molecule has 0 saturated heterocycles. The molecule has 21 heavy (non-hydrogen) atoms. The molecule has 0 bridgehead atoms. The van der Waals surface area contributed by atoms with E-state index in [4.69, 9.17) is 0 Å². The molecule has 106 valence electrons. The quantitative estimate of drug-likeness (QED) is 0.639. The van der Waals surface area contributed by atoms with Crippen LogP contribution in [0.5, 0.6) is 0 Å². The van der Waals surface area contributed by atoms with Gasteiger partial charge in [0.2, 0.25) is 0 Å². The number of hydrogen-bond acceptors (Lipinski definition) is 2. The monoisotopic (exact) mass is 341 g/mol. The van der Waals surface area contributed by atoms with Crippen LogP contribution in [0.1, 0.15) is 23.9 Å². The van der Waals surface area contributed by atoms with Gasteiger partial charge < -0.3 is 0 Å². The van der Waals surface area contributed by atoms with Gasteiger partial charge >= 0.3 is 0 Å². The molecule has 0 spiro atoms. The molecule has 0 amide bonds. The fraction of sp³-hybridized carbons (Fsp3) is 0.176. The Hall–Kier alpha value is -1.94. The summed E-state index contributed by atoms with van der Waals surface area (Å²) in [6, 6.07) is 18.7. The van der Waals surface area contributed by atoms with Gasteiger partial charge in [0.1, 0.15) is 0 Å². The van der Waals surface area contributed by atoms with Crippen molar-refractivity contribution in [1.29, 1.82) is 0 Å². The van der Waals surface area contributed by atoms with Crippen molar-refractivity contribution < 1.29 is 0 Å². The van der Waals surface area contributed by atoms with Gasteiger partial charge in [-0.3, -0.25) is 0 Å². The predicted octanol–water partition coefficient (Wildman–Crippen LogP) is 4.78. The maximum atomic E-state index is 4.21. The fourth-order valence-electron chi connectivity index (χ4n) is 2.19. The topological polar surface area (TPSA) is 30.7 Å². The van der Waals surface area contributed by atoms with E-state index in [9.17, 15) is 0 Å². The van der Waals surface area contributed by atoms with Crippen molar-refractivity contribution in [2.75, 3.05) is 0 Å². The molecule has 0 aliphatic heterocycles. The van der Waals surface area contributed by atoms with E-state index in [0.29, 0.717) is 0 Å². The summed E-state index contributed by atoms with van der Waals surface area (Å²) < 4.78 is 1.81. The average Bonchev–Trinajstić information content (AvgIpc) is 3.05. The molecule has 1 unspecified atom stereocenters. The maximum Gasteiger partial charge on any atom is 0.0967 e. The summed E-state index contributed by atoms with van der Waals surface area (Å²) in [7, 11) is 0. The first-order valence-corrected chi connectivity index (χ1v) is 7.91. The molecule has 3 rings (SSSR count). The second-order valence-corrected chi connectivity index (χ2v) is 5.98. The zero-order chi connectivity index (χ0) is 14.7. The van der Waals surface area contributed by atoms with Crippen LogP contribution in [0.15, 0.2) is 60.8 Å². The van der Waals surface area contributed by atoms with Gasteiger partial charge in [0.05, 0.1) is 22.4 Å². The Bertz CT molecular complexity index is 704. The summed E-state index contributed by atoms with van der Waals surface area (Å²) in [6.45, 7) is 2.12. The van der Waals surface area contributed by atoms with E-state index in [1.54, 1.807) is 0 Å². The SMILES string of the molecule is CCC(Br)c1cn(-c2ccc(-c3ccccc3)cc2)nn1. The highest BCUT2D eigenvalue weighted by Crippen LogP contribution is 2.25. The molecule has 0 saturated carbocycles. The first-order chi connectivity index (χ1) is 10.3. The lowest BCUT2D eigenvalue weighted by atomic mass is 10.1. The highest BCUT2D eigenvalue weighted by atomic mass is 79.9. The van der Waals surface area contributed by atoms with Crippen molar-refractivity contribution in [3.8, 4) is 16.8 Å². The highest BCUT2D eigenvalue weighted by Gasteiger charge is 2.10. The Labute approximate surface area is 132 Å². The summed E-state index contributed by atoms with van der Waals surface area (Å²) in [5, 5.41) is 8.40. The predicted molar refractivity (Wildman–Crippen MR) is 88.8 cm³/mol. The molecule has 1 heterocycles. The van der Waals surface area contributed by atoms with Gasteiger partial charge in [-0.1, -0.05) is 70.5 Å². The number of benzene rings is 2. The molecule has 0 aliphatic rings. The minimum absolute atomic E-state index is 0.259. The van der Waals surface area contributed by atoms with Crippen LogP contribution in [0.4, 0.5) is 0 Å². The molecule has 2 aromatic carbocycles. The molecule has 0 radical (unpaired) electrons. The maximum absolute atomic E-state index is 4.21.